The highest BCUT2D eigenvalue weighted by molar-refractivity contribution is 6.31. The van der Waals surface area contributed by atoms with E-state index in [1.165, 1.54) is 56.5 Å². The molecule has 4 aliphatic rings. The summed E-state index contributed by atoms with van der Waals surface area (Å²) in [6, 6.07) is 4.07. The van der Waals surface area contributed by atoms with Gasteiger partial charge in [0.05, 0.1) is 48.6 Å². The second-order valence-electron chi connectivity index (χ2n) is 23.7. The first-order valence-electron chi connectivity index (χ1n) is 28.4. The van der Waals surface area contributed by atoms with Gasteiger partial charge in [0.2, 0.25) is 41.2 Å². The Morgan fingerprint density at radius 3 is 1.90 bits per heavy atom. The summed E-state index contributed by atoms with van der Waals surface area (Å²) < 4.78 is 17.8. The van der Waals surface area contributed by atoms with E-state index in [1.807, 2.05) is 27.7 Å². The number of hydrogen-bond acceptors (Lipinski definition) is 18. The maximum absolute atomic E-state index is 14.6. The van der Waals surface area contributed by atoms with E-state index in [0.717, 1.165) is 12.8 Å². The molecule has 24 nitrogen and oxygen atoms in total. The van der Waals surface area contributed by atoms with Crippen LogP contribution in [-0.4, -0.2) is 158 Å². The molecule has 456 valence electrons. The zero-order valence-electron chi connectivity index (χ0n) is 48.4. The van der Waals surface area contributed by atoms with Crippen molar-refractivity contribution in [2.75, 3.05) is 20.3 Å². The van der Waals surface area contributed by atoms with Crippen LogP contribution in [0.1, 0.15) is 148 Å². The van der Waals surface area contributed by atoms with E-state index in [1.54, 1.807) is 13.8 Å². The number of ether oxygens (including phenoxy) is 3. The molecule has 3 aromatic carbocycles. The number of hydrogen-bond donors (Lipinski definition) is 12. The summed E-state index contributed by atoms with van der Waals surface area (Å²) in [7, 11) is 1.28. The van der Waals surface area contributed by atoms with Gasteiger partial charge in [0.25, 0.3) is 0 Å². The molecule has 10 atom stereocenters. The number of methoxy groups -OCH3 is 1. The van der Waals surface area contributed by atoms with E-state index in [-0.39, 0.29) is 89.0 Å². The standard InChI is InChI=1S/C60H78N6O18/c1-27(2)18-37(64-55(76)32-14-15-32)56(77)61-25-44(70)62-38(19-28(3)4)57(78)66-40(21-31-12-16-33(68)17-13-31)59(80)65-39(20-29(5)6)58(79)63-36-22-45(83-30(7)50(36)71)84-42-24-60(81,43(69)26-67)23-35-47(42)54(75)49-48(52(35)73)51(72)34-10-9-11-41(82-8)46(34)53(49)74/h9-13,16-17,27-30,32,36-40,42,45,50,67-68,71,73,75,81H,14-15,18-26H2,1-8H3,(H,61,77)(H,62,70)(H,63,79)(H,64,76)(H,65,80)(H,66,78)/t30-,36-,37-,38-,39-,40-,42-,45-,50+,60-/m0/s1. The van der Waals surface area contributed by atoms with Crippen molar-refractivity contribution < 1.29 is 88.0 Å². The number of ketones is 3. The number of aliphatic hydroxyl groups excluding tert-OH is 2. The van der Waals surface area contributed by atoms with Crippen molar-refractivity contribution in [1.29, 1.82) is 0 Å². The molecule has 24 heteroatoms. The lowest BCUT2D eigenvalue weighted by molar-refractivity contribution is -0.249. The average molecular weight is 1170 g/mol. The summed E-state index contributed by atoms with van der Waals surface area (Å²) in [5.41, 5.74) is -4.08. The van der Waals surface area contributed by atoms with Gasteiger partial charge in [-0.15, -0.1) is 0 Å². The number of benzene rings is 3. The molecule has 0 unspecified atom stereocenters. The van der Waals surface area contributed by atoms with Crippen LogP contribution in [0, 0.1) is 23.7 Å². The Bertz CT molecular complexity index is 3020. The summed E-state index contributed by atoms with van der Waals surface area (Å²) >= 11 is 0. The highest BCUT2D eigenvalue weighted by Gasteiger charge is 2.51. The lowest BCUT2D eigenvalue weighted by Gasteiger charge is -2.43. The van der Waals surface area contributed by atoms with E-state index in [9.17, 15) is 73.8 Å². The number of aromatic hydroxyl groups is 3. The first-order valence-corrected chi connectivity index (χ1v) is 28.4. The third-order valence-corrected chi connectivity index (χ3v) is 15.5. The summed E-state index contributed by atoms with van der Waals surface area (Å²) in [5.74, 6) is -8.92. The fourth-order valence-corrected chi connectivity index (χ4v) is 11.0. The number of carbonyl (C=O) groups is 9. The molecule has 1 heterocycles. The van der Waals surface area contributed by atoms with E-state index < -0.39 is 156 Å². The molecule has 7 rings (SSSR count). The number of rotatable bonds is 25. The Morgan fingerprint density at radius 2 is 1.31 bits per heavy atom. The SMILES string of the molecule is COc1cccc2c1C(=O)c1c(O)c3c(c(O)c1C2=O)C[C@@](O)(C(=O)CO)C[C@@H]3O[C@H]1C[C@H](NC(=O)[C@H](CC(C)C)NC(=O)[C@H](Cc2ccc(O)cc2)NC(=O)[C@H](CC(C)C)NC(=O)CNC(=O)[C@H](CC(C)C)NC(=O)C2CC2)[C@H](O)[C@H](C)O1. The lowest BCUT2D eigenvalue weighted by atomic mass is 9.72. The summed E-state index contributed by atoms with van der Waals surface area (Å²) in [5, 5.41) is 83.5. The van der Waals surface area contributed by atoms with Crippen LogP contribution >= 0.6 is 0 Å². The number of amides is 6. The first-order chi connectivity index (χ1) is 39.6. The van der Waals surface area contributed by atoms with Crippen molar-refractivity contribution >= 4 is 52.8 Å². The number of nitrogens with one attached hydrogen (secondary N) is 6. The van der Waals surface area contributed by atoms with Crippen molar-refractivity contribution in [3.8, 4) is 23.0 Å². The van der Waals surface area contributed by atoms with Crippen molar-refractivity contribution in [2.45, 2.75) is 167 Å². The van der Waals surface area contributed by atoms with Crippen molar-refractivity contribution in [3.63, 3.8) is 0 Å². The van der Waals surface area contributed by atoms with Crippen LogP contribution in [0.25, 0.3) is 0 Å². The molecule has 84 heavy (non-hydrogen) atoms. The van der Waals surface area contributed by atoms with Gasteiger partial charge in [-0.25, -0.2) is 0 Å². The molecule has 0 bridgehead atoms. The Kier molecular flexibility index (Phi) is 20.6. The topological polar surface area (TPSA) is 375 Å². The largest absolute Gasteiger partial charge is 0.508 e. The number of Topliss-reactive ketones (excluding diaryl/α,β-unsaturated/α-hetero) is 1. The summed E-state index contributed by atoms with van der Waals surface area (Å²) in [6.45, 7) is 10.8. The molecule has 12 N–H and O–H groups in total. The number of phenolic OH excluding ortho intramolecular Hbond substituents is 3. The average Bonchev–Trinajstić information content (AvgIpc) is 0.866. The van der Waals surface area contributed by atoms with Crippen LogP contribution < -0.4 is 36.6 Å². The number of aliphatic hydroxyl groups is 3. The first kappa shape index (κ1) is 64.1. The lowest BCUT2D eigenvalue weighted by Crippen LogP contribution is -2.61. The van der Waals surface area contributed by atoms with E-state index in [2.05, 4.69) is 31.9 Å². The molecule has 1 saturated heterocycles. The Balaban J connectivity index is 1.09. The number of phenols is 3. The molecular formula is C60H78N6O18. The van der Waals surface area contributed by atoms with Crippen LogP contribution in [-0.2, 0) is 55.9 Å². The molecule has 0 radical (unpaired) electrons. The van der Waals surface area contributed by atoms with Gasteiger partial charge < -0.3 is 76.8 Å². The highest BCUT2D eigenvalue weighted by atomic mass is 16.7. The van der Waals surface area contributed by atoms with Crippen molar-refractivity contribution in [1.82, 2.24) is 31.9 Å². The molecule has 1 aliphatic heterocycles. The van der Waals surface area contributed by atoms with Crippen LogP contribution in [0.3, 0.4) is 0 Å². The predicted molar refractivity (Wildman–Crippen MR) is 299 cm³/mol. The Hall–Kier alpha value is -7.51. The zero-order valence-corrected chi connectivity index (χ0v) is 48.4. The molecule has 2 fully saturated rings. The maximum atomic E-state index is 14.6. The fourth-order valence-electron chi connectivity index (χ4n) is 11.0. The van der Waals surface area contributed by atoms with Crippen LogP contribution in [0.15, 0.2) is 42.5 Å². The molecule has 1 saturated carbocycles. The van der Waals surface area contributed by atoms with Gasteiger partial charge in [0, 0.05) is 48.3 Å². The molecule has 3 aromatic rings. The predicted octanol–water partition coefficient (Wildman–Crippen LogP) is 1.71. The second-order valence-corrected chi connectivity index (χ2v) is 23.7. The normalized spacial score (nSPS) is 22.3. The van der Waals surface area contributed by atoms with Gasteiger partial charge in [-0.2, -0.15) is 0 Å². The highest BCUT2D eigenvalue weighted by Crippen LogP contribution is 2.52. The molecule has 3 aliphatic carbocycles. The third-order valence-electron chi connectivity index (χ3n) is 15.5. The van der Waals surface area contributed by atoms with E-state index in [0.29, 0.717) is 12.0 Å². The van der Waals surface area contributed by atoms with E-state index >= 15 is 0 Å². The van der Waals surface area contributed by atoms with Gasteiger partial charge >= 0.3 is 0 Å². The van der Waals surface area contributed by atoms with Gasteiger partial charge in [-0.05, 0) is 80.5 Å². The van der Waals surface area contributed by atoms with Crippen molar-refractivity contribution in [3.05, 3.63) is 81.4 Å². The minimum absolute atomic E-state index is 0.00828. The maximum Gasteiger partial charge on any atom is 0.243 e. The second kappa shape index (κ2) is 27.0. The van der Waals surface area contributed by atoms with Gasteiger partial charge in [0.15, 0.2) is 17.9 Å². The molecule has 0 spiro atoms. The monoisotopic (exact) mass is 1170 g/mol. The quantitative estimate of drug-likeness (QED) is 0.0420. The third kappa shape index (κ3) is 14.9. The van der Waals surface area contributed by atoms with Crippen LogP contribution in [0.5, 0.6) is 23.0 Å². The Morgan fingerprint density at radius 1 is 0.726 bits per heavy atom. The van der Waals surface area contributed by atoms with Crippen LogP contribution in [0.2, 0.25) is 0 Å². The molecule has 6 amide bonds. The Labute approximate surface area is 486 Å². The minimum Gasteiger partial charge on any atom is -0.508 e. The van der Waals surface area contributed by atoms with E-state index in [4.69, 9.17) is 14.2 Å². The fraction of sp³-hybridized carbons (Fsp3) is 0.550. The summed E-state index contributed by atoms with van der Waals surface area (Å²) in [6.07, 6.45) is -5.53. The van der Waals surface area contributed by atoms with Gasteiger partial charge in [0.1, 0.15) is 65.5 Å². The van der Waals surface area contributed by atoms with Gasteiger partial charge in [-0.3, -0.25) is 43.2 Å². The zero-order chi connectivity index (χ0) is 61.6. The van der Waals surface area contributed by atoms with Gasteiger partial charge in [-0.1, -0.05) is 65.8 Å². The molecular weight excluding hydrogens is 1090 g/mol. The minimum atomic E-state index is -2.46. The smallest absolute Gasteiger partial charge is 0.243 e. The van der Waals surface area contributed by atoms with Crippen molar-refractivity contribution in [2.24, 2.45) is 23.7 Å². The number of carbonyl (C=O) groups excluding carboxylic acids is 9. The van der Waals surface area contributed by atoms with Crippen LogP contribution in [0.4, 0.5) is 0 Å². The molecule has 0 aromatic heterocycles. The summed E-state index contributed by atoms with van der Waals surface area (Å²) in [4.78, 5) is 124. The number of fused-ring (bicyclic) bond motifs is 3.